The van der Waals surface area contributed by atoms with Crippen LogP contribution in [0.1, 0.15) is 47.5 Å². The Bertz CT molecular complexity index is 221. The van der Waals surface area contributed by atoms with Crippen molar-refractivity contribution >= 4 is 5.91 Å². The molecule has 0 saturated carbocycles. The lowest BCUT2D eigenvalue weighted by Gasteiger charge is -2.25. The molecule has 0 fully saturated rings. The molecule has 1 atom stereocenters. The van der Waals surface area contributed by atoms with Gasteiger partial charge in [-0.15, -0.1) is 0 Å². The van der Waals surface area contributed by atoms with E-state index in [1.54, 1.807) is 0 Å². The number of rotatable bonds is 7. The van der Waals surface area contributed by atoms with Crippen LogP contribution in [-0.4, -0.2) is 36.4 Å². The van der Waals surface area contributed by atoms with E-state index in [2.05, 4.69) is 26.1 Å². The smallest absolute Gasteiger partial charge is 0.222 e. The zero-order valence-corrected chi connectivity index (χ0v) is 11.7. The normalized spacial score (nSPS) is 13.8. The number of ether oxygens (including phenoxy) is 1. The maximum Gasteiger partial charge on any atom is 0.222 e. The van der Waals surface area contributed by atoms with Crippen LogP contribution in [0.25, 0.3) is 0 Å². The minimum Gasteiger partial charge on any atom is -0.394 e. The zero-order chi connectivity index (χ0) is 13.5. The maximum atomic E-state index is 11.6. The molecule has 0 aliphatic rings. The van der Waals surface area contributed by atoms with E-state index in [9.17, 15) is 9.90 Å². The summed E-state index contributed by atoms with van der Waals surface area (Å²) in [6.45, 7) is 10.5. The Morgan fingerprint density at radius 2 is 1.94 bits per heavy atom. The Kier molecular flexibility index (Phi) is 7.39. The van der Waals surface area contributed by atoms with Crippen molar-refractivity contribution in [3.05, 3.63) is 0 Å². The summed E-state index contributed by atoms with van der Waals surface area (Å²) in [5.74, 6) is -0.0612. The quantitative estimate of drug-likeness (QED) is 0.718. The lowest BCUT2D eigenvalue weighted by molar-refractivity contribution is -0.123. The predicted molar refractivity (Wildman–Crippen MR) is 68.8 cm³/mol. The van der Waals surface area contributed by atoms with Gasteiger partial charge >= 0.3 is 0 Å². The molecule has 17 heavy (non-hydrogen) atoms. The van der Waals surface area contributed by atoms with Crippen LogP contribution in [0.3, 0.4) is 0 Å². The third-order valence-electron chi connectivity index (χ3n) is 2.22. The molecule has 0 radical (unpaired) electrons. The van der Waals surface area contributed by atoms with Gasteiger partial charge in [-0.2, -0.15) is 0 Å². The second-order valence-electron chi connectivity index (χ2n) is 5.88. The Balaban J connectivity index is 3.90. The summed E-state index contributed by atoms with van der Waals surface area (Å²) < 4.78 is 5.31. The highest BCUT2D eigenvalue weighted by Crippen LogP contribution is 2.20. The van der Waals surface area contributed by atoms with Crippen LogP contribution in [0.5, 0.6) is 0 Å². The van der Waals surface area contributed by atoms with Crippen molar-refractivity contribution < 1.29 is 14.6 Å². The highest BCUT2D eigenvalue weighted by Gasteiger charge is 2.19. The minimum absolute atomic E-state index is 0.0198. The molecule has 0 heterocycles. The first kappa shape index (κ1) is 16.4. The SMILES string of the molecule is CC(C)OCCC(=O)NC(CO)CC(C)(C)C. The van der Waals surface area contributed by atoms with Crippen LogP contribution in [0, 0.1) is 5.41 Å². The van der Waals surface area contributed by atoms with Gasteiger partial charge in [-0.1, -0.05) is 20.8 Å². The van der Waals surface area contributed by atoms with Crippen molar-refractivity contribution in [1.82, 2.24) is 5.32 Å². The molecule has 102 valence electrons. The Hall–Kier alpha value is -0.610. The fourth-order valence-electron chi connectivity index (χ4n) is 1.59. The van der Waals surface area contributed by atoms with Crippen molar-refractivity contribution in [3.63, 3.8) is 0 Å². The van der Waals surface area contributed by atoms with Crippen molar-refractivity contribution in [2.45, 2.75) is 59.6 Å². The van der Waals surface area contributed by atoms with Crippen molar-refractivity contribution in [1.29, 1.82) is 0 Å². The first-order valence-corrected chi connectivity index (χ1v) is 6.26. The van der Waals surface area contributed by atoms with Gasteiger partial charge in [0.25, 0.3) is 0 Å². The van der Waals surface area contributed by atoms with Gasteiger partial charge in [0.05, 0.1) is 25.4 Å². The van der Waals surface area contributed by atoms with E-state index in [4.69, 9.17) is 4.74 Å². The summed E-state index contributed by atoms with van der Waals surface area (Å²) in [5, 5.41) is 12.0. The molecule has 0 aromatic heterocycles. The second-order valence-corrected chi connectivity index (χ2v) is 5.88. The highest BCUT2D eigenvalue weighted by atomic mass is 16.5. The van der Waals surface area contributed by atoms with E-state index in [-0.39, 0.29) is 30.1 Å². The molecular weight excluding hydrogens is 218 g/mol. The highest BCUT2D eigenvalue weighted by molar-refractivity contribution is 5.76. The van der Waals surface area contributed by atoms with Gasteiger partial charge in [0.2, 0.25) is 5.91 Å². The number of nitrogens with one attached hydrogen (secondary N) is 1. The minimum atomic E-state index is -0.165. The summed E-state index contributed by atoms with van der Waals surface area (Å²) in [4.78, 5) is 11.6. The van der Waals surface area contributed by atoms with Gasteiger partial charge in [0, 0.05) is 6.42 Å². The van der Waals surface area contributed by atoms with Crippen LogP contribution in [0.15, 0.2) is 0 Å². The average molecular weight is 245 g/mol. The second kappa shape index (κ2) is 7.67. The van der Waals surface area contributed by atoms with Crippen LogP contribution in [0.2, 0.25) is 0 Å². The number of carbonyl (C=O) groups is 1. The van der Waals surface area contributed by atoms with E-state index in [1.165, 1.54) is 0 Å². The maximum absolute atomic E-state index is 11.6. The number of carbonyl (C=O) groups excluding carboxylic acids is 1. The summed E-state index contributed by atoms with van der Waals surface area (Å²) >= 11 is 0. The molecule has 0 spiro atoms. The van der Waals surface area contributed by atoms with Gasteiger partial charge in [0.1, 0.15) is 0 Å². The number of aliphatic hydroxyl groups is 1. The first-order chi connectivity index (χ1) is 7.74. The van der Waals surface area contributed by atoms with Gasteiger partial charge in [-0.05, 0) is 25.7 Å². The largest absolute Gasteiger partial charge is 0.394 e. The summed E-state index contributed by atoms with van der Waals surface area (Å²) in [6, 6.07) is -0.165. The van der Waals surface area contributed by atoms with Crippen LogP contribution in [-0.2, 0) is 9.53 Å². The molecule has 0 saturated heterocycles. The van der Waals surface area contributed by atoms with Crippen LogP contribution in [0.4, 0.5) is 0 Å². The number of aliphatic hydroxyl groups excluding tert-OH is 1. The summed E-state index contributed by atoms with van der Waals surface area (Å²) in [5.41, 5.74) is 0.0924. The molecular formula is C13H27NO3. The number of amides is 1. The Morgan fingerprint density at radius 1 is 1.35 bits per heavy atom. The predicted octanol–water partition coefficient (Wildman–Crippen LogP) is 1.71. The zero-order valence-electron chi connectivity index (χ0n) is 11.7. The van der Waals surface area contributed by atoms with Crippen molar-refractivity contribution in [3.8, 4) is 0 Å². The van der Waals surface area contributed by atoms with E-state index in [0.29, 0.717) is 13.0 Å². The molecule has 0 aromatic rings. The molecule has 0 aromatic carbocycles. The van der Waals surface area contributed by atoms with Gasteiger partial charge in [-0.3, -0.25) is 4.79 Å². The molecule has 0 aliphatic heterocycles. The Morgan fingerprint density at radius 3 is 2.35 bits per heavy atom. The lowest BCUT2D eigenvalue weighted by atomic mass is 9.88. The molecule has 1 amide bonds. The topological polar surface area (TPSA) is 58.6 Å². The number of hydrogen-bond donors (Lipinski definition) is 2. The molecule has 2 N–H and O–H groups in total. The van der Waals surface area contributed by atoms with Crippen molar-refractivity contribution in [2.24, 2.45) is 5.41 Å². The molecule has 4 nitrogen and oxygen atoms in total. The van der Waals surface area contributed by atoms with E-state index < -0.39 is 0 Å². The Labute approximate surface area is 105 Å². The van der Waals surface area contributed by atoms with Gasteiger partial charge in [-0.25, -0.2) is 0 Å². The lowest BCUT2D eigenvalue weighted by Crippen LogP contribution is -2.40. The molecule has 1 unspecified atom stereocenters. The van der Waals surface area contributed by atoms with Crippen LogP contribution >= 0.6 is 0 Å². The van der Waals surface area contributed by atoms with Gasteiger partial charge < -0.3 is 15.2 Å². The first-order valence-electron chi connectivity index (χ1n) is 6.26. The van der Waals surface area contributed by atoms with Crippen LogP contribution < -0.4 is 5.32 Å². The van der Waals surface area contributed by atoms with E-state index >= 15 is 0 Å². The summed E-state index contributed by atoms with van der Waals surface area (Å²) in [6.07, 6.45) is 1.25. The molecule has 4 heteroatoms. The number of hydrogen-bond acceptors (Lipinski definition) is 3. The monoisotopic (exact) mass is 245 g/mol. The third-order valence-corrected chi connectivity index (χ3v) is 2.22. The van der Waals surface area contributed by atoms with Gasteiger partial charge in [0.15, 0.2) is 0 Å². The fourth-order valence-corrected chi connectivity index (χ4v) is 1.59. The van der Waals surface area contributed by atoms with E-state index in [1.807, 2.05) is 13.8 Å². The average Bonchev–Trinajstić information content (AvgIpc) is 2.13. The standard InChI is InChI=1S/C13H27NO3/c1-10(2)17-7-6-12(16)14-11(9-15)8-13(3,4)5/h10-11,15H,6-9H2,1-5H3,(H,14,16). The summed E-state index contributed by atoms with van der Waals surface area (Å²) in [7, 11) is 0. The third kappa shape index (κ3) is 10.3. The molecule has 0 aliphatic carbocycles. The van der Waals surface area contributed by atoms with Crippen molar-refractivity contribution in [2.75, 3.05) is 13.2 Å². The molecule has 0 bridgehead atoms. The van der Waals surface area contributed by atoms with E-state index in [0.717, 1.165) is 6.42 Å². The fraction of sp³-hybridized carbons (Fsp3) is 0.923. The molecule has 0 rings (SSSR count).